The maximum Gasteiger partial charge on any atom is 0.152 e. The Morgan fingerprint density at radius 1 is 1.50 bits per heavy atom. The zero-order valence-electron chi connectivity index (χ0n) is 6.63. The maximum absolute atomic E-state index is 11.1. The van der Waals surface area contributed by atoms with Gasteiger partial charge >= 0.3 is 0 Å². The summed E-state index contributed by atoms with van der Waals surface area (Å²) in [7, 11) is -2.80. The Morgan fingerprint density at radius 2 is 2.00 bits per heavy atom. The summed E-state index contributed by atoms with van der Waals surface area (Å²) in [4.78, 5) is 0. The third-order valence-corrected chi connectivity index (χ3v) is 3.89. The van der Waals surface area contributed by atoms with Crippen LogP contribution in [0.15, 0.2) is 0 Å². The molecule has 0 aromatic carbocycles. The van der Waals surface area contributed by atoms with E-state index in [1.807, 2.05) is 0 Å². The Bertz CT molecular complexity index is 170. The van der Waals surface area contributed by atoms with Crippen LogP contribution in [0.2, 0.25) is 0 Å². The largest absolute Gasteiger partial charge is 0.229 e. The van der Waals surface area contributed by atoms with E-state index in [1.54, 1.807) is 13.8 Å². The topological polar surface area (TPSA) is 34.1 Å². The van der Waals surface area contributed by atoms with E-state index in [0.717, 1.165) is 0 Å². The van der Waals surface area contributed by atoms with Gasteiger partial charge in [0, 0.05) is 5.75 Å². The summed E-state index contributed by atoms with van der Waals surface area (Å²) in [5.74, 6) is 0.244. The van der Waals surface area contributed by atoms with E-state index in [1.165, 1.54) is 0 Å². The van der Waals surface area contributed by atoms with Crippen molar-refractivity contribution >= 4 is 9.84 Å². The Kier molecular flexibility index (Phi) is 3.94. The lowest BCUT2D eigenvalue weighted by Gasteiger charge is -2.08. The second-order valence-electron chi connectivity index (χ2n) is 2.40. The summed E-state index contributed by atoms with van der Waals surface area (Å²) in [6, 6.07) is 0. The van der Waals surface area contributed by atoms with Gasteiger partial charge in [-0.3, -0.25) is 0 Å². The van der Waals surface area contributed by atoms with Gasteiger partial charge in [0.05, 0.1) is 5.25 Å². The van der Waals surface area contributed by atoms with Gasteiger partial charge in [0.2, 0.25) is 0 Å². The number of rotatable bonds is 4. The quantitative estimate of drug-likeness (QED) is 0.628. The smallest absolute Gasteiger partial charge is 0.152 e. The van der Waals surface area contributed by atoms with Gasteiger partial charge in [-0.1, -0.05) is 20.3 Å². The van der Waals surface area contributed by atoms with Crippen LogP contribution >= 0.6 is 0 Å². The molecule has 0 aromatic heterocycles. The SMILES string of the molecule is [CH2]CCC(C)S(=O)(=O)CC. The highest BCUT2D eigenvalue weighted by Gasteiger charge is 2.16. The molecule has 0 saturated heterocycles. The summed E-state index contributed by atoms with van der Waals surface area (Å²) < 4.78 is 22.1. The van der Waals surface area contributed by atoms with Crippen LogP contribution in [0.4, 0.5) is 0 Å². The Labute approximate surface area is 63.6 Å². The lowest BCUT2D eigenvalue weighted by Crippen LogP contribution is -2.19. The van der Waals surface area contributed by atoms with Gasteiger partial charge in [0.15, 0.2) is 9.84 Å². The van der Waals surface area contributed by atoms with Gasteiger partial charge < -0.3 is 0 Å². The number of hydrogen-bond acceptors (Lipinski definition) is 2. The molecule has 1 radical (unpaired) electrons. The van der Waals surface area contributed by atoms with E-state index in [9.17, 15) is 8.42 Å². The second kappa shape index (κ2) is 3.96. The van der Waals surface area contributed by atoms with Gasteiger partial charge in [-0.05, 0) is 13.3 Å². The standard InChI is InChI=1S/C7H15O2S/c1-4-6-7(3)10(8,9)5-2/h7H,1,4-6H2,2-3H3. The minimum Gasteiger partial charge on any atom is -0.229 e. The van der Waals surface area contributed by atoms with E-state index in [-0.39, 0.29) is 11.0 Å². The molecule has 0 N–H and O–H groups in total. The van der Waals surface area contributed by atoms with Gasteiger partial charge in [-0.15, -0.1) is 0 Å². The fourth-order valence-electron chi connectivity index (χ4n) is 0.752. The van der Waals surface area contributed by atoms with E-state index < -0.39 is 9.84 Å². The molecule has 0 rings (SSSR count). The number of hydrogen-bond donors (Lipinski definition) is 0. The monoisotopic (exact) mass is 163 g/mol. The zero-order valence-corrected chi connectivity index (χ0v) is 7.45. The molecule has 1 unspecified atom stereocenters. The molecule has 10 heavy (non-hydrogen) atoms. The molecule has 0 spiro atoms. The third-order valence-electron chi connectivity index (χ3n) is 1.63. The molecule has 0 fully saturated rings. The van der Waals surface area contributed by atoms with Crippen LogP contribution in [0.5, 0.6) is 0 Å². The normalized spacial score (nSPS) is 15.1. The van der Waals surface area contributed by atoms with Crippen molar-refractivity contribution in [3.8, 4) is 0 Å². The van der Waals surface area contributed by atoms with E-state index in [0.29, 0.717) is 12.8 Å². The first-order chi connectivity index (χ1) is 4.54. The molecule has 0 heterocycles. The van der Waals surface area contributed by atoms with Crippen molar-refractivity contribution in [2.24, 2.45) is 0 Å². The molecule has 1 atom stereocenters. The van der Waals surface area contributed by atoms with Crippen molar-refractivity contribution in [3.05, 3.63) is 6.92 Å². The summed E-state index contributed by atoms with van der Waals surface area (Å²) in [6.45, 7) is 7.02. The lowest BCUT2D eigenvalue weighted by molar-refractivity contribution is 0.579. The highest BCUT2D eigenvalue weighted by atomic mass is 32.2. The average Bonchev–Trinajstić information content (AvgIpc) is 1.89. The predicted molar refractivity (Wildman–Crippen MR) is 43.5 cm³/mol. The fourth-order valence-corrected chi connectivity index (χ4v) is 1.85. The molecule has 0 bridgehead atoms. The van der Waals surface area contributed by atoms with Crippen molar-refractivity contribution in [1.82, 2.24) is 0 Å². The van der Waals surface area contributed by atoms with Gasteiger partial charge in [0.1, 0.15) is 0 Å². The van der Waals surface area contributed by atoms with Crippen molar-refractivity contribution in [2.75, 3.05) is 5.75 Å². The predicted octanol–water partition coefficient (Wildman–Crippen LogP) is 1.42. The van der Waals surface area contributed by atoms with Gasteiger partial charge in [-0.2, -0.15) is 0 Å². The third kappa shape index (κ3) is 2.69. The molecule has 3 heteroatoms. The molecule has 61 valence electrons. The van der Waals surface area contributed by atoms with Gasteiger partial charge in [-0.25, -0.2) is 8.42 Å². The van der Waals surface area contributed by atoms with Gasteiger partial charge in [0.25, 0.3) is 0 Å². The van der Waals surface area contributed by atoms with Crippen LogP contribution in [0.25, 0.3) is 0 Å². The molecular weight excluding hydrogens is 148 g/mol. The van der Waals surface area contributed by atoms with Crippen LogP contribution in [0, 0.1) is 6.92 Å². The summed E-state index contributed by atoms with van der Waals surface area (Å²) in [5.41, 5.74) is 0. The molecule has 0 aliphatic heterocycles. The van der Waals surface area contributed by atoms with E-state index in [2.05, 4.69) is 6.92 Å². The molecule has 0 aromatic rings. The Balaban J connectivity index is 4.06. The van der Waals surface area contributed by atoms with Crippen LogP contribution in [-0.4, -0.2) is 19.4 Å². The summed E-state index contributed by atoms with van der Waals surface area (Å²) in [5, 5.41) is -0.213. The first kappa shape index (κ1) is 9.95. The minimum atomic E-state index is -2.80. The molecule has 0 aliphatic rings. The van der Waals surface area contributed by atoms with Crippen molar-refractivity contribution in [1.29, 1.82) is 0 Å². The molecule has 0 aliphatic carbocycles. The first-order valence-electron chi connectivity index (χ1n) is 3.55. The fraction of sp³-hybridized carbons (Fsp3) is 0.857. The Morgan fingerprint density at radius 3 is 2.30 bits per heavy atom. The van der Waals surface area contributed by atoms with Crippen molar-refractivity contribution in [2.45, 2.75) is 31.9 Å². The van der Waals surface area contributed by atoms with E-state index in [4.69, 9.17) is 0 Å². The van der Waals surface area contributed by atoms with Crippen molar-refractivity contribution < 1.29 is 8.42 Å². The van der Waals surface area contributed by atoms with E-state index >= 15 is 0 Å². The molecule has 2 nitrogen and oxygen atoms in total. The van der Waals surface area contributed by atoms with Crippen LogP contribution < -0.4 is 0 Å². The van der Waals surface area contributed by atoms with Crippen molar-refractivity contribution in [3.63, 3.8) is 0 Å². The maximum atomic E-state index is 11.1. The summed E-state index contributed by atoms with van der Waals surface area (Å²) >= 11 is 0. The zero-order chi connectivity index (χ0) is 8.20. The molecule has 0 amide bonds. The summed E-state index contributed by atoms with van der Waals surface area (Å²) in [6.07, 6.45) is 1.37. The highest BCUT2D eigenvalue weighted by molar-refractivity contribution is 7.91. The highest BCUT2D eigenvalue weighted by Crippen LogP contribution is 2.07. The lowest BCUT2D eigenvalue weighted by atomic mass is 10.3. The second-order valence-corrected chi connectivity index (χ2v) is 5.11. The molecule has 0 saturated carbocycles. The number of sulfone groups is 1. The van der Waals surface area contributed by atoms with Crippen LogP contribution in [0.1, 0.15) is 26.7 Å². The Hall–Kier alpha value is -0.0500. The minimum absolute atomic E-state index is 0.213. The van der Waals surface area contributed by atoms with Crippen LogP contribution in [-0.2, 0) is 9.84 Å². The van der Waals surface area contributed by atoms with Crippen LogP contribution in [0.3, 0.4) is 0 Å². The molecular formula is C7H15O2S. The first-order valence-corrected chi connectivity index (χ1v) is 5.27. The average molecular weight is 163 g/mol.